The molecule has 0 aliphatic heterocycles. The van der Waals surface area contributed by atoms with Crippen molar-refractivity contribution in [3.8, 4) is 11.3 Å². The highest BCUT2D eigenvalue weighted by molar-refractivity contribution is 5.98. The Bertz CT molecular complexity index is 1030. The number of primary amides is 1. The van der Waals surface area contributed by atoms with Gasteiger partial charge in [0.25, 0.3) is 5.91 Å². The molecule has 0 unspecified atom stereocenters. The van der Waals surface area contributed by atoms with Gasteiger partial charge in [-0.25, -0.2) is 14.5 Å². The van der Waals surface area contributed by atoms with Gasteiger partial charge in [-0.15, -0.1) is 0 Å². The second-order valence-electron chi connectivity index (χ2n) is 4.98. The summed E-state index contributed by atoms with van der Waals surface area (Å²) in [5.74, 6) is -0.550. The SMILES string of the molecule is Cc1cc(-c2ccc3ocnc3c2)nc2c(C(N)=O)cnn12. The van der Waals surface area contributed by atoms with Crippen LogP contribution in [0.2, 0.25) is 0 Å². The van der Waals surface area contributed by atoms with E-state index in [1.165, 1.54) is 12.6 Å². The standard InChI is InChI=1S/C15H11N5O2/c1-8-4-11(9-2-3-13-12(5-9)17-7-22-13)19-15-10(14(16)21)6-18-20(8)15/h2-7H,1H3,(H2,16,21). The monoisotopic (exact) mass is 293 g/mol. The zero-order valence-corrected chi connectivity index (χ0v) is 11.6. The third kappa shape index (κ3) is 1.76. The molecular weight excluding hydrogens is 282 g/mol. The Hall–Kier alpha value is -3.22. The summed E-state index contributed by atoms with van der Waals surface area (Å²) in [6, 6.07) is 7.51. The predicted molar refractivity (Wildman–Crippen MR) is 79.2 cm³/mol. The zero-order valence-electron chi connectivity index (χ0n) is 11.6. The van der Waals surface area contributed by atoms with Crippen molar-refractivity contribution in [2.24, 2.45) is 5.73 Å². The van der Waals surface area contributed by atoms with Crippen LogP contribution < -0.4 is 5.73 Å². The highest BCUT2D eigenvalue weighted by Gasteiger charge is 2.14. The first-order chi connectivity index (χ1) is 10.6. The van der Waals surface area contributed by atoms with Gasteiger partial charge in [0, 0.05) is 11.3 Å². The van der Waals surface area contributed by atoms with E-state index in [1.807, 2.05) is 31.2 Å². The van der Waals surface area contributed by atoms with Crippen LogP contribution in [-0.4, -0.2) is 25.5 Å². The number of nitrogens with two attached hydrogens (primary N) is 1. The number of rotatable bonds is 2. The second kappa shape index (κ2) is 4.39. The fourth-order valence-corrected chi connectivity index (χ4v) is 2.45. The van der Waals surface area contributed by atoms with Crippen LogP contribution in [0.25, 0.3) is 28.0 Å². The lowest BCUT2D eigenvalue weighted by Gasteiger charge is -2.05. The Morgan fingerprint density at radius 1 is 1.32 bits per heavy atom. The number of aromatic nitrogens is 4. The number of fused-ring (bicyclic) bond motifs is 2. The average Bonchev–Trinajstić information content (AvgIpc) is 3.12. The summed E-state index contributed by atoms with van der Waals surface area (Å²) in [6.07, 6.45) is 2.83. The van der Waals surface area contributed by atoms with Gasteiger partial charge in [0.15, 0.2) is 17.6 Å². The Labute approximate surface area is 124 Å². The van der Waals surface area contributed by atoms with Gasteiger partial charge in [-0.3, -0.25) is 4.79 Å². The summed E-state index contributed by atoms with van der Waals surface area (Å²) in [5.41, 5.74) is 10.0. The number of hydrogen-bond acceptors (Lipinski definition) is 5. The molecule has 0 spiro atoms. The van der Waals surface area contributed by atoms with Crippen molar-refractivity contribution in [2.75, 3.05) is 0 Å². The molecule has 7 nitrogen and oxygen atoms in total. The molecule has 0 aliphatic carbocycles. The zero-order chi connectivity index (χ0) is 15.3. The van der Waals surface area contributed by atoms with Crippen LogP contribution >= 0.6 is 0 Å². The van der Waals surface area contributed by atoms with Crippen LogP contribution in [-0.2, 0) is 0 Å². The summed E-state index contributed by atoms with van der Waals surface area (Å²) in [6.45, 7) is 1.89. The number of benzene rings is 1. The molecule has 4 aromatic rings. The van der Waals surface area contributed by atoms with Crippen LogP contribution in [0, 0.1) is 6.92 Å². The topological polar surface area (TPSA) is 99.3 Å². The van der Waals surface area contributed by atoms with E-state index >= 15 is 0 Å². The van der Waals surface area contributed by atoms with Gasteiger partial charge in [-0.1, -0.05) is 0 Å². The molecule has 3 heterocycles. The molecule has 7 heteroatoms. The van der Waals surface area contributed by atoms with E-state index in [-0.39, 0.29) is 0 Å². The molecule has 0 saturated carbocycles. The summed E-state index contributed by atoms with van der Waals surface area (Å²) in [7, 11) is 0. The van der Waals surface area contributed by atoms with Gasteiger partial charge in [0.05, 0.1) is 11.9 Å². The van der Waals surface area contributed by atoms with E-state index in [9.17, 15) is 4.79 Å². The van der Waals surface area contributed by atoms with Gasteiger partial charge < -0.3 is 10.2 Å². The first-order valence-electron chi connectivity index (χ1n) is 6.62. The van der Waals surface area contributed by atoms with Crippen molar-refractivity contribution < 1.29 is 9.21 Å². The third-order valence-corrected chi connectivity index (χ3v) is 3.54. The maximum absolute atomic E-state index is 11.5. The molecule has 1 aromatic carbocycles. The molecule has 0 aliphatic rings. The first-order valence-corrected chi connectivity index (χ1v) is 6.62. The summed E-state index contributed by atoms with van der Waals surface area (Å²) < 4.78 is 6.83. The van der Waals surface area contributed by atoms with Crippen molar-refractivity contribution in [3.05, 3.63) is 48.1 Å². The maximum atomic E-state index is 11.5. The lowest BCUT2D eigenvalue weighted by molar-refractivity contribution is 0.100. The van der Waals surface area contributed by atoms with Crippen LogP contribution in [0.15, 0.2) is 41.3 Å². The van der Waals surface area contributed by atoms with Crippen molar-refractivity contribution in [1.29, 1.82) is 0 Å². The van der Waals surface area contributed by atoms with Crippen molar-refractivity contribution in [2.45, 2.75) is 6.92 Å². The third-order valence-electron chi connectivity index (χ3n) is 3.54. The van der Waals surface area contributed by atoms with E-state index in [0.717, 1.165) is 22.5 Å². The van der Waals surface area contributed by atoms with E-state index in [1.54, 1.807) is 4.52 Å². The molecule has 108 valence electrons. The molecule has 1 amide bonds. The molecule has 0 bridgehead atoms. The fourth-order valence-electron chi connectivity index (χ4n) is 2.45. The summed E-state index contributed by atoms with van der Waals surface area (Å²) >= 11 is 0. The van der Waals surface area contributed by atoms with Crippen molar-refractivity contribution in [1.82, 2.24) is 19.6 Å². The van der Waals surface area contributed by atoms with Crippen LogP contribution in [0.3, 0.4) is 0 Å². The van der Waals surface area contributed by atoms with Gasteiger partial charge >= 0.3 is 0 Å². The molecule has 0 atom stereocenters. The van der Waals surface area contributed by atoms with Gasteiger partial charge in [-0.2, -0.15) is 5.10 Å². The molecule has 0 fully saturated rings. The number of oxazole rings is 1. The molecular formula is C15H11N5O2. The minimum Gasteiger partial charge on any atom is -0.443 e. The minimum absolute atomic E-state index is 0.299. The Kier molecular flexibility index (Phi) is 2.50. The number of carbonyl (C=O) groups excluding carboxylic acids is 1. The van der Waals surface area contributed by atoms with Crippen LogP contribution in [0.4, 0.5) is 0 Å². The highest BCUT2D eigenvalue weighted by Crippen LogP contribution is 2.24. The fraction of sp³-hybridized carbons (Fsp3) is 0.0667. The molecule has 3 aromatic heterocycles. The number of nitrogens with zero attached hydrogens (tertiary/aromatic N) is 4. The van der Waals surface area contributed by atoms with Crippen LogP contribution in [0.1, 0.15) is 16.1 Å². The highest BCUT2D eigenvalue weighted by atomic mass is 16.3. The van der Waals surface area contributed by atoms with Gasteiger partial charge in [0.1, 0.15) is 11.1 Å². The second-order valence-corrected chi connectivity index (χ2v) is 4.98. The molecule has 2 N–H and O–H groups in total. The van der Waals surface area contributed by atoms with Crippen molar-refractivity contribution >= 4 is 22.7 Å². The van der Waals surface area contributed by atoms with E-state index in [4.69, 9.17) is 10.2 Å². The Morgan fingerprint density at radius 3 is 3.00 bits per heavy atom. The largest absolute Gasteiger partial charge is 0.443 e. The number of aryl methyl sites for hydroxylation is 1. The van der Waals surface area contributed by atoms with E-state index in [0.29, 0.717) is 16.8 Å². The number of hydrogen-bond donors (Lipinski definition) is 1. The van der Waals surface area contributed by atoms with E-state index < -0.39 is 5.91 Å². The smallest absolute Gasteiger partial charge is 0.254 e. The van der Waals surface area contributed by atoms with Gasteiger partial charge in [-0.05, 0) is 31.2 Å². The number of amides is 1. The van der Waals surface area contributed by atoms with Crippen molar-refractivity contribution in [3.63, 3.8) is 0 Å². The summed E-state index contributed by atoms with van der Waals surface area (Å²) in [5, 5.41) is 4.14. The van der Waals surface area contributed by atoms with E-state index in [2.05, 4.69) is 15.1 Å². The molecule has 22 heavy (non-hydrogen) atoms. The maximum Gasteiger partial charge on any atom is 0.254 e. The van der Waals surface area contributed by atoms with Gasteiger partial charge in [0.2, 0.25) is 0 Å². The first kappa shape index (κ1) is 12.5. The normalized spacial score (nSPS) is 11.3. The lowest BCUT2D eigenvalue weighted by Crippen LogP contribution is -2.11. The number of carbonyl (C=O) groups is 1. The lowest BCUT2D eigenvalue weighted by atomic mass is 10.1. The minimum atomic E-state index is -0.550. The summed E-state index contributed by atoms with van der Waals surface area (Å²) in [4.78, 5) is 20.1. The van der Waals surface area contributed by atoms with Crippen LogP contribution in [0.5, 0.6) is 0 Å². The average molecular weight is 293 g/mol. The molecule has 0 saturated heterocycles. The quantitative estimate of drug-likeness (QED) is 0.609. The Balaban J connectivity index is 1.97. The predicted octanol–water partition coefficient (Wildman–Crippen LogP) is 1.94. The molecule has 4 rings (SSSR count). The Morgan fingerprint density at radius 2 is 2.18 bits per heavy atom. The molecule has 0 radical (unpaired) electrons.